The molecule has 2 aromatic rings. The topological polar surface area (TPSA) is 24.9 Å². The highest BCUT2D eigenvalue weighted by Crippen LogP contribution is 2.46. The van der Waals surface area contributed by atoms with Crippen molar-refractivity contribution < 1.29 is 0 Å². The third-order valence-electron chi connectivity index (χ3n) is 4.23. The fraction of sp³-hybridized carbons (Fsp3) is 0.438. The molecule has 2 fully saturated rings. The maximum absolute atomic E-state index is 4.43. The Bertz CT molecular complexity index is 553. The lowest BCUT2D eigenvalue weighted by molar-refractivity contribution is 0.568. The molecule has 4 rings (SSSR count). The van der Waals surface area contributed by atoms with Crippen molar-refractivity contribution in [1.82, 2.24) is 4.98 Å². The van der Waals surface area contributed by atoms with Gasteiger partial charge in [-0.25, -0.2) is 0 Å². The molecule has 2 aliphatic rings. The van der Waals surface area contributed by atoms with Crippen LogP contribution in [0.15, 0.2) is 36.5 Å². The van der Waals surface area contributed by atoms with Gasteiger partial charge in [-0.3, -0.25) is 4.98 Å². The van der Waals surface area contributed by atoms with E-state index in [4.69, 9.17) is 0 Å². The molecule has 0 aliphatic heterocycles. The Balaban J connectivity index is 1.68. The van der Waals surface area contributed by atoms with Crippen molar-refractivity contribution in [3.8, 4) is 0 Å². The monoisotopic (exact) mass is 238 g/mol. The van der Waals surface area contributed by atoms with Crippen molar-refractivity contribution in [2.75, 3.05) is 5.32 Å². The second-order valence-electron chi connectivity index (χ2n) is 5.72. The number of pyridine rings is 1. The number of hydrogen-bond donors (Lipinski definition) is 1. The Morgan fingerprint density at radius 2 is 1.78 bits per heavy atom. The van der Waals surface area contributed by atoms with Gasteiger partial charge in [0, 0.05) is 23.3 Å². The van der Waals surface area contributed by atoms with Crippen LogP contribution in [-0.2, 0) is 0 Å². The molecule has 1 aromatic heterocycles. The summed E-state index contributed by atoms with van der Waals surface area (Å²) in [6, 6.07) is 11.3. The predicted molar refractivity (Wildman–Crippen MR) is 74.6 cm³/mol. The van der Waals surface area contributed by atoms with Crippen molar-refractivity contribution in [2.45, 2.75) is 31.7 Å². The highest BCUT2D eigenvalue weighted by molar-refractivity contribution is 5.91. The van der Waals surface area contributed by atoms with Crippen molar-refractivity contribution in [2.24, 2.45) is 11.8 Å². The molecule has 1 heterocycles. The normalized spacial score (nSPS) is 19.4. The lowest BCUT2D eigenvalue weighted by Crippen LogP contribution is -2.24. The van der Waals surface area contributed by atoms with Gasteiger partial charge in [-0.15, -0.1) is 0 Å². The average Bonchev–Trinajstić information content (AvgIpc) is 3.29. The highest BCUT2D eigenvalue weighted by Gasteiger charge is 2.41. The van der Waals surface area contributed by atoms with Crippen molar-refractivity contribution in [3.05, 3.63) is 36.5 Å². The first kappa shape index (κ1) is 10.4. The van der Waals surface area contributed by atoms with Gasteiger partial charge >= 0.3 is 0 Å². The molecule has 2 nitrogen and oxygen atoms in total. The number of benzene rings is 1. The minimum Gasteiger partial charge on any atom is -0.381 e. The van der Waals surface area contributed by atoms with Gasteiger partial charge in [0.2, 0.25) is 0 Å². The van der Waals surface area contributed by atoms with Crippen LogP contribution in [0.25, 0.3) is 10.9 Å². The van der Waals surface area contributed by atoms with Crippen LogP contribution >= 0.6 is 0 Å². The first-order valence-corrected chi connectivity index (χ1v) is 7.02. The summed E-state index contributed by atoms with van der Waals surface area (Å²) < 4.78 is 0. The number of anilines is 1. The van der Waals surface area contributed by atoms with E-state index in [-0.39, 0.29) is 0 Å². The number of fused-ring (bicyclic) bond motifs is 1. The molecule has 0 atom stereocenters. The molecule has 0 spiro atoms. The van der Waals surface area contributed by atoms with Crippen molar-refractivity contribution in [3.63, 3.8) is 0 Å². The van der Waals surface area contributed by atoms with Crippen LogP contribution in [0.1, 0.15) is 25.7 Å². The number of rotatable bonds is 4. The summed E-state index contributed by atoms with van der Waals surface area (Å²) in [6.07, 6.45) is 7.52. The first-order chi connectivity index (χ1) is 8.92. The number of nitrogens with zero attached hydrogens (tertiary/aromatic N) is 1. The van der Waals surface area contributed by atoms with Gasteiger partial charge in [0.25, 0.3) is 0 Å². The maximum atomic E-state index is 4.43. The average molecular weight is 238 g/mol. The van der Waals surface area contributed by atoms with Gasteiger partial charge in [-0.2, -0.15) is 0 Å². The predicted octanol–water partition coefficient (Wildman–Crippen LogP) is 3.84. The molecule has 0 radical (unpaired) electrons. The zero-order valence-electron chi connectivity index (χ0n) is 10.5. The second kappa shape index (κ2) is 3.98. The summed E-state index contributed by atoms with van der Waals surface area (Å²) in [4.78, 5) is 4.43. The molecule has 2 saturated carbocycles. The second-order valence-corrected chi connectivity index (χ2v) is 5.72. The van der Waals surface area contributed by atoms with E-state index in [0.29, 0.717) is 6.04 Å². The fourth-order valence-corrected chi connectivity index (χ4v) is 2.94. The van der Waals surface area contributed by atoms with E-state index in [2.05, 4.69) is 34.6 Å². The van der Waals surface area contributed by atoms with E-state index in [1.54, 1.807) is 0 Å². The quantitative estimate of drug-likeness (QED) is 0.875. The molecule has 1 aromatic carbocycles. The molecule has 0 saturated heterocycles. The molecule has 1 N–H and O–H groups in total. The summed E-state index contributed by atoms with van der Waals surface area (Å²) in [6.45, 7) is 0. The minimum atomic E-state index is 0.704. The molecule has 2 heteroatoms. The van der Waals surface area contributed by atoms with Gasteiger partial charge in [-0.1, -0.05) is 6.07 Å². The highest BCUT2D eigenvalue weighted by atomic mass is 15.0. The molecular formula is C16H18N2. The summed E-state index contributed by atoms with van der Waals surface area (Å²) in [5.74, 6) is 1.84. The van der Waals surface area contributed by atoms with Gasteiger partial charge < -0.3 is 5.32 Å². The zero-order valence-corrected chi connectivity index (χ0v) is 10.5. The van der Waals surface area contributed by atoms with E-state index in [1.165, 1.54) is 36.8 Å². The lowest BCUT2D eigenvalue weighted by Gasteiger charge is -2.20. The third kappa shape index (κ3) is 1.86. The van der Waals surface area contributed by atoms with Crippen LogP contribution in [0.2, 0.25) is 0 Å². The van der Waals surface area contributed by atoms with Crippen LogP contribution in [-0.4, -0.2) is 11.0 Å². The summed E-state index contributed by atoms with van der Waals surface area (Å²) in [5.41, 5.74) is 2.36. The Morgan fingerprint density at radius 3 is 2.50 bits per heavy atom. The minimum absolute atomic E-state index is 0.704. The molecular weight excluding hydrogens is 220 g/mol. The third-order valence-corrected chi connectivity index (χ3v) is 4.23. The lowest BCUT2D eigenvalue weighted by atomic mass is 10.1. The van der Waals surface area contributed by atoms with Gasteiger partial charge in [0.15, 0.2) is 0 Å². The summed E-state index contributed by atoms with van der Waals surface area (Å²) >= 11 is 0. The van der Waals surface area contributed by atoms with Crippen molar-refractivity contribution >= 4 is 16.6 Å². The van der Waals surface area contributed by atoms with Crippen LogP contribution in [0, 0.1) is 11.8 Å². The Morgan fingerprint density at radius 1 is 1.00 bits per heavy atom. The Hall–Kier alpha value is -1.57. The van der Waals surface area contributed by atoms with E-state index >= 15 is 0 Å². The standard InChI is InChI=1S/C16H18N2/c1-4-14-13(3-2-10-17-14)15(5-1)18-16(11-6-7-11)12-8-9-12/h1-5,10-12,16,18H,6-9H2. The van der Waals surface area contributed by atoms with Gasteiger partial charge in [0.05, 0.1) is 5.52 Å². The molecule has 0 amide bonds. The molecule has 92 valence electrons. The molecule has 0 bridgehead atoms. The Labute approximate surface area is 107 Å². The molecule has 18 heavy (non-hydrogen) atoms. The van der Waals surface area contributed by atoms with Crippen LogP contribution in [0.4, 0.5) is 5.69 Å². The molecule has 0 unspecified atom stereocenters. The van der Waals surface area contributed by atoms with Crippen molar-refractivity contribution in [1.29, 1.82) is 0 Å². The van der Waals surface area contributed by atoms with E-state index < -0.39 is 0 Å². The van der Waals surface area contributed by atoms with Crippen LogP contribution in [0.5, 0.6) is 0 Å². The SMILES string of the molecule is c1cc(NC(C2CC2)C2CC2)c2cccnc2c1. The first-order valence-electron chi connectivity index (χ1n) is 7.02. The van der Waals surface area contributed by atoms with Crippen LogP contribution < -0.4 is 5.32 Å². The number of hydrogen-bond acceptors (Lipinski definition) is 2. The van der Waals surface area contributed by atoms with Crippen LogP contribution in [0.3, 0.4) is 0 Å². The van der Waals surface area contributed by atoms with E-state index in [0.717, 1.165) is 17.4 Å². The molecule has 2 aliphatic carbocycles. The maximum Gasteiger partial charge on any atom is 0.0722 e. The van der Waals surface area contributed by atoms with Gasteiger partial charge in [-0.05, 0) is 61.8 Å². The number of aromatic nitrogens is 1. The van der Waals surface area contributed by atoms with E-state index in [9.17, 15) is 0 Å². The summed E-state index contributed by atoms with van der Waals surface area (Å²) in [7, 11) is 0. The van der Waals surface area contributed by atoms with E-state index in [1.807, 2.05) is 12.3 Å². The Kier molecular flexibility index (Phi) is 2.29. The van der Waals surface area contributed by atoms with Gasteiger partial charge in [0.1, 0.15) is 0 Å². The fourth-order valence-electron chi connectivity index (χ4n) is 2.94. The zero-order chi connectivity index (χ0) is 11.9. The number of nitrogens with one attached hydrogen (secondary N) is 1. The smallest absolute Gasteiger partial charge is 0.0722 e. The summed E-state index contributed by atoms with van der Waals surface area (Å²) in [5, 5.41) is 5.06. The largest absolute Gasteiger partial charge is 0.381 e.